The molecule has 0 aromatic carbocycles. The van der Waals surface area contributed by atoms with Gasteiger partial charge in [-0.3, -0.25) is 9.52 Å². The topological polar surface area (TPSA) is 109 Å². The first-order chi connectivity index (χ1) is 7.82. The fraction of sp³-hybridized carbons (Fsp3) is 0.286. The van der Waals surface area contributed by atoms with E-state index in [0.29, 0.717) is 0 Å². The molecule has 0 saturated heterocycles. The zero-order valence-electron chi connectivity index (χ0n) is 8.22. The number of nitrogens with one attached hydrogen (secondary N) is 1. The van der Waals surface area contributed by atoms with Gasteiger partial charge in [-0.25, -0.2) is 18.4 Å². The SMILES string of the molecule is O=C(O)CCS(=O)(=O)Nc1ncnc(Cl)c1Cl. The predicted molar refractivity (Wildman–Crippen MR) is 61.7 cm³/mol. The minimum atomic E-state index is -3.83. The maximum atomic E-state index is 11.4. The summed E-state index contributed by atoms with van der Waals surface area (Å²) in [4.78, 5) is 17.4. The number of hydrogen-bond donors (Lipinski definition) is 2. The molecule has 10 heteroatoms. The van der Waals surface area contributed by atoms with Gasteiger partial charge in [0.25, 0.3) is 0 Å². The van der Waals surface area contributed by atoms with Crippen LogP contribution < -0.4 is 4.72 Å². The third kappa shape index (κ3) is 4.33. The van der Waals surface area contributed by atoms with Crippen molar-refractivity contribution >= 4 is 45.0 Å². The van der Waals surface area contributed by atoms with Crippen LogP contribution in [0.5, 0.6) is 0 Å². The van der Waals surface area contributed by atoms with Gasteiger partial charge in [0.05, 0.1) is 12.2 Å². The fourth-order valence-corrected chi connectivity index (χ4v) is 2.17. The summed E-state index contributed by atoms with van der Waals surface area (Å²) in [5, 5.41) is 8.13. The smallest absolute Gasteiger partial charge is 0.304 e. The number of aliphatic carboxylic acids is 1. The van der Waals surface area contributed by atoms with Gasteiger partial charge in [0.1, 0.15) is 11.3 Å². The number of rotatable bonds is 5. The van der Waals surface area contributed by atoms with E-state index in [9.17, 15) is 13.2 Å². The summed E-state index contributed by atoms with van der Waals surface area (Å²) < 4.78 is 24.9. The molecule has 1 heterocycles. The number of hydrogen-bond acceptors (Lipinski definition) is 5. The molecule has 0 aliphatic carbocycles. The number of halogens is 2. The molecule has 0 unspecified atom stereocenters. The summed E-state index contributed by atoms with van der Waals surface area (Å²) >= 11 is 11.2. The highest BCUT2D eigenvalue weighted by Crippen LogP contribution is 2.26. The van der Waals surface area contributed by atoms with Gasteiger partial charge in [0, 0.05) is 0 Å². The molecule has 1 rings (SSSR count). The average molecular weight is 300 g/mol. The van der Waals surface area contributed by atoms with E-state index in [-0.39, 0.29) is 16.0 Å². The molecule has 0 bridgehead atoms. The Kier molecular flexibility index (Phi) is 4.49. The molecule has 0 amide bonds. The maximum absolute atomic E-state index is 11.4. The van der Waals surface area contributed by atoms with E-state index >= 15 is 0 Å². The van der Waals surface area contributed by atoms with Crippen LogP contribution in [0.15, 0.2) is 6.33 Å². The van der Waals surface area contributed by atoms with Gasteiger partial charge in [-0.05, 0) is 0 Å². The highest BCUT2D eigenvalue weighted by atomic mass is 35.5. The van der Waals surface area contributed by atoms with E-state index in [4.69, 9.17) is 28.3 Å². The molecular formula is C7H7Cl2N3O4S. The average Bonchev–Trinajstić information content (AvgIpc) is 2.22. The van der Waals surface area contributed by atoms with Crippen molar-refractivity contribution in [1.29, 1.82) is 0 Å². The number of sulfonamides is 1. The van der Waals surface area contributed by atoms with Crippen molar-refractivity contribution in [3.63, 3.8) is 0 Å². The Morgan fingerprint density at radius 3 is 2.65 bits per heavy atom. The van der Waals surface area contributed by atoms with E-state index in [0.717, 1.165) is 6.33 Å². The molecule has 1 aromatic heterocycles. The Hall–Kier alpha value is -1.12. The van der Waals surface area contributed by atoms with Crippen LogP contribution in [0.2, 0.25) is 10.2 Å². The van der Waals surface area contributed by atoms with Crippen molar-refractivity contribution < 1.29 is 18.3 Å². The Morgan fingerprint density at radius 2 is 2.06 bits per heavy atom. The summed E-state index contributed by atoms with van der Waals surface area (Å²) in [5.41, 5.74) is 0. The lowest BCUT2D eigenvalue weighted by atomic mass is 10.5. The maximum Gasteiger partial charge on any atom is 0.304 e. The number of carboxylic acid groups (broad SMARTS) is 1. The molecule has 0 spiro atoms. The molecular weight excluding hydrogens is 293 g/mol. The third-order valence-electron chi connectivity index (χ3n) is 1.58. The number of anilines is 1. The second-order valence-electron chi connectivity index (χ2n) is 2.89. The van der Waals surface area contributed by atoms with Crippen LogP contribution in [-0.4, -0.2) is 35.2 Å². The van der Waals surface area contributed by atoms with Gasteiger partial charge in [0.2, 0.25) is 10.0 Å². The second kappa shape index (κ2) is 5.48. The Labute approximate surface area is 107 Å². The van der Waals surface area contributed by atoms with Crippen LogP contribution in [0, 0.1) is 0 Å². The molecule has 17 heavy (non-hydrogen) atoms. The van der Waals surface area contributed by atoms with Gasteiger partial charge < -0.3 is 5.11 Å². The molecule has 94 valence electrons. The Morgan fingerprint density at radius 1 is 1.41 bits per heavy atom. The van der Waals surface area contributed by atoms with Crippen LogP contribution >= 0.6 is 23.2 Å². The monoisotopic (exact) mass is 299 g/mol. The normalized spacial score (nSPS) is 11.2. The van der Waals surface area contributed by atoms with E-state index in [1.807, 2.05) is 4.72 Å². The first-order valence-corrected chi connectivity index (χ1v) is 6.61. The van der Waals surface area contributed by atoms with Crippen molar-refractivity contribution in [2.45, 2.75) is 6.42 Å². The van der Waals surface area contributed by atoms with E-state index in [2.05, 4.69) is 9.97 Å². The molecule has 0 aliphatic rings. The predicted octanol–water partition coefficient (Wildman–Crippen LogP) is 1.000. The summed E-state index contributed by atoms with van der Waals surface area (Å²) in [5.74, 6) is -1.99. The minimum Gasteiger partial charge on any atom is -0.481 e. The molecule has 0 radical (unpaired) electrons. The van der Waals surface area contributed by atoms with E-state index < -0.39 is 28.2 Å². The van der Waals surface area contributed by atoms with E-state index in [1.165, 1.54) is 0 Å². The molecule has 1 aromatic rings. The molecule has 0 fully saturated rings. The third-order valence-corrected chi connectivity index (χ3v) is 3.57. The molecule has 0 atom stereocenters. The first kappa shape index (κ1) is 13.9. The minimum absolute atomic E-state index is 0.0994. The highest BCUT2D eigenvalue weighted by Gasteiger charge is 2.16. The molecule has 0 aliphatic heterocycles. The summed E-state index contributed by atoms with van der Waals surface area (Å²) in [6, 6.07) is 0. The van der Waals surface area contributed by atoms with Crippen LogP contribution in [0.3, 0.4) is 0 Å². The zero-order chi connectivity index (χ0) is 13.1. The van der Waals surface area contributed by atoms with Crippen molar-refractivity contribution in [1.82, 2.24) is 9.97 Å². The summed E-state index contributed by atoms with van der Waals surface area (Å²) in [6.07, 6.45) is 0.509. The fourth-order valence-electron chi connectivity index (χ4n) is 0.839. The Bertz CT molecular complexity index is 534. The number of carbonyl (C=O) groups is 1. The largest absolute Gasteiger partial charge is 0.481 e. The van der Waals surface area contributed by atoms with Crippen LogP contribution in [0.4, 0.5) is 5.82 Å². The highest BCUT2D eigenvalue weighted by molar-refractivity contribution is 7.92. The molecule has 2 N–H and O–H groups in total. The quantitative estimate of drug-likeness (QED) is 0.785. The number of aromatic nitrogens is 2. The second-order valence-corrected chi connectivity index (χ2v) is 5.47. The van der Waals surface area contributed by atoms with Crippen LogP contribution in [-0.2, 0) is 14.8 Å². The number of carboxylic acids is 1. The van der Waals surface area contributed by atoms with Crippen molar-refractivity contribution in [2.24, 2.45) is 0 Å². The van der Waals surface area contributed by atoms with Gasteiger partial charge in [-0.1, -0.05) is 23.2 Å². The van der Waals surface area contributed by atoms with E-state index in [1.54, 1.807) is 0 Å². The standard InChI is InChI=1S/C7H7Cl2N3O4S/c8-5-6(9)10-3-11-7(5)12-17(15,16)2-1-4(13)14/h3H,1-2H2,(H,13,14)(H,10,11,12). The van der Waals surface area contributed by atoms with Gasteiger partial charge in [-0.15, -0.1) is 0 Å². The Balaban J connectivity index is 2.83. The summed E-state index contributed by atoms with van der Waals surface area (Å²) in [7, 11) is -3.83. The molecule has 0 saturated carbocycles. The van der Waals surface area contributed by atoms with Gasteiger partial charge in [-0.2, -0.15) is 0 Å². The van der Waals surface area contributed by atoms with Crippen molar-refractivity contribution in [2.75, 3.05) is 10.5 Å². The first-order valence-electron chi connectivity index (χ1n) is 4.20. The lowest BCUT2D eigenvalue weighted by Crippen LogP contribution is -2.19. The van der Waals surface area contributed by atoms with Gasteiger partial charge in [0.15, 0.2) is 11.0 Å². The molecule has 7 nitrogen and oxygen atoms in total. The van der Waals surface area contributed by atoms with Crippen molar-refractivity contribution in [3.8, 4) is 0 Å². The van der Waals surface area contributed by atoms with Crippen molar-refractivity contribution in [3.05, 3.63) is 16.5 Å². The van der Waals surface area contributed by atoms with Crippen LogP contribution in [0.25, 0.3) is 0 Å². The zero-order valence-corrected chi connectivity index (χ0v) is 10.6. The van der Waals surface area contributed by atoms with Gasteiger partial charge >= 0.3 is 5.97 Å². The lowest BCUT2D eigenvalue weighted by Gasteiger charge is -2.07. The lowest BCUT2D eigenvalue weighted by molar-refractivity contribution is -0.136. The number of nitrogens with zero attached hydrogens (tertiary/aromatic N) is 2. The summed E-state index contributed by atoms with van der Waals surface area (Å²) in [6.45, 7) is 0. The van der Waals surface area contributed by atoms with Crippen LogP contribution in [0.1, 0.15) is 6.42 Å².